The van der Waals surface area contributed by atoms with Crippen LogP contribution in [0.25, 0.3) is 0 Å². The highest BCUT2D eigenvalue weighted by Crippen LogP contribution is 2.17. The van der Waals surface area contributed by atoms with E-state index in [0.29, 0.717) is 4.88 Å². The number of esters is 1. The molecular formula is C10H12N2O4S. The van der Waals surface area contributed by atoms with Gasteiger partial charge in [-0.1, -0.05) is 0 Å². The van der Waals surface area contributed by atoms with Gasteiger partial charge < -0.3 is 10.5 Å². The van der Waals surface area contributed by atoms with Crippen LogP contribution in [0.5, 0.6) is 0 Å². The lowest BCUT2D eigenvalue weighted by Crippen LogP contribution is -2.42. The Labute approximate surface area is 102 Å². The highest BCUT2D eigenvalue weighted by atomic mass is 32.1. The number of ether oxygens (including phenoxy) is 1. The Morgan fingerprint density at radius 3 is 2.59 bits per heavy atom. The average molecular weight is 256 g/mol. The third kappa shape index (κ3) is 3.56. The molecule has 0 aliphatic carbocycles. The maximum Gasteiger partial charge on any atom is 0.349 e. The van der Waals surface area contributed by atoms with Gasteiger partial charge in [0, 0.05) is 0 Å². The Balaban J connectivity index is 2.60. The highest BCUT2D eigenvalue weighted by Gasteiger charge is 2.21. The fraction of sp³-hybridized carbons (Fsp3) is 0.300. The topological polar surface area (TPSA) is 98.5 Å². The molecule has 1 aromatic rings. The van der Waals surface area contributed by atoms with Gasteiger partial charge in [-0.05, 0) is 30.9 Å². The van der Waals surface area contributed by atoms with Crippen molar-refractivity contribution in [2.24, 2.45) is 5.73 Å². The first-order valence-corrected chi connectivity index (χ1v) is 5.65. The zero-order valence-electron chi connectivity index (χ0n) is 9.35. The van der Waals surface area contributed by atoms with E-state index in [9.17, 15) is 14.4 Å². The fourth-order valence-electron chi connectivity index (χ4n) is 1.07. The predicted octanol–water partition coefficient (Wildman–Crippen LogP) is 0.797. The molecule has 1 unspecified atom stereocenters. The summed E-state index contributed by atoms with van der Waals surface area (Å²) in [6.45, 7) is 3.13. The van der Waals surface area contributed by atoms with Gasteiger partial charge in [-0.2, -0.15) is 0 Å². The number of aryl methyl sites for hydroxylation is 1. The molecule has 0 saturated carbocycles. The van der Waals surface area contributed by atoms with Crippen LogP contribution in [-0.4, -0.2) is 24.0 Å². The predicted molar refractivity (Wildman–Crippen MR) is 61.7 cm³/mol. The number of primary amides is 1. The van der Waals surface area contributed by atoms with Crippen LogP contribution in [0.4, 0.5) is 4.79 Å². The minimum absolute atomic E-state index is 0.434. The number of nitrogens with two attached hydrogens (primary N) is 1. The first-order valence-electron chi connectivity index (χ1n) is 4.77. The molecule has 3 amide bonds. The lowest BCUT2D eigenvalue weighted by atomic mass is 10.3. The van der Waals surface area contributed by atoms with Gasteiger partial charge in [0.1, 0.15) is 4.88 Å². The molecule has 92 valence electrons. The molecule has 3 N–H and O–H groups in total. The summed E-state index contributed by atoms with van der Waals surface area (Å²) in [5.74, 6) is -1.34. The quantitative estimate of drug-likeness (QED) is 0.781. The molecule has 7 heteroatoms. The van der Waals surface area contributed by atoms with Crippen LogP contribution in [0.15, 0.2) is 11.4 Å². The summed E-state index contributed by atoms with van der Waals surface area (Å²) in [5, 5.41) is 3.58. The molecule has 6 nitrogen and oxygen atoms in total. The molecule has 0 bridgehead atoms. The molecule has 1 atom stereocenters. The zero-order chi connectivity index (χ0) is 13.0. The SMILES string of the molecule is Cc1ccsc1C(=O)OC(C)C(=O)NC(N)=O. The van der Waals surface area contributed by atoms with Crippen LogP contribution in [0.1, 0.15) is 22.2 Å². The second-order valence-corrected chi connectivity index (χ2v) is 4.25. The second-order valence-electron chi connectivity index (χ2n) is 3.33. The van der Waals surface area contributed by atoms with E-state index in [-0.39, 0.29) is 0 Å². The van der Waals surface area contributed by atoms with Gasteiger partial charge >= 0.3 is 12.0 Å². The summed E-state index contributed by atoms with van der Waals surface area (Å²) in [6, 6.07) is 0.792. The number of urea groups is 1. The van der Waals surface area contributed by atoms with Crippen LogP contribution in [0, 0.1) is 6.92 Å². The van der Waals surface area contributed by atoms with Gasteiger partial charge in [0.15, 0.2) is 6.10 Å². The van der Waals surface area contributed by atoms with E-state index in [0.717, 1.165) is 5.56 Å². The van der Waals surface area contributed by atoms with Gasteiger partial charge in [-0.15, -0.1) is 11.3 Å². The molecule has 0 radical (unpaired) electrons. The molecule has 0 saturated heterocycles. The Kier molecular flexibility index (Phi) is 4.22. The van der Waals surface area contributed by atoms with Crippen molar-refractivity contribution in [2.45, 2.75) is 20.0 Å². The summed E-state index contributed by atoms with van der Waals surface area (Å²) in [5.41, 5.74) is 5.55. The first kappa shape index (κ1) is 13.2. The molecule has 0 spiro atoms. The number of nitrogens with one attached hydrogen (secondary N) is 1. The summed E-state index contributed by atoms with van der Waals surface area (Å²) in [4.78, 5) is 33.7. The van der Waals surface area contributed by atoms with Gasteiger partial charge in [-0.3, -0.25) is 10.1 Å². The normalized spacial score (nSPS) is 11.6. The number of hydrogen-bond acceptors (Lipinski definition) is 5. The van der Waals surface area contributed by atoms with Crippen molar-refractivity contribution >= 4 is 29.2 Å². The Bertz CT molecular complexity index is 455. The number of hydrogen-bond donors (Lipinski definition) is 2. The van der Waals surface area contributed by atoms with E-state index in [4.69, 9.17) is 10.5 Å². The molecule has 0 aliphatic rings. The van der Waals surface area contributed by atoms with Crippen LogP contribution >= 0.6 is 11.3 Å². The van der Waals surface area contributed by atoms with Gasteiger partial charge in [0.25, 0.3) is 5.91 Å². The minimum Gasteiger partial charge on any atom is -0.448 e. The first-order chi connectivity index (χ1) is 7.91. The standard InChI is InChI=1S/C10H12N2O4S/c1-5-3-4-17-7(5)9(14)16-6(2)8(13)12-10(11)15/h3-4,6H,1-2H3,(H3,11,12,13,15). The highest BCUT2D eigenvalue weighted by molar-refractivity contribution is 7.12. The molecule has 1 aromatic heterocycles. The Morgan fingerprint density at radius 2 is 2.12 bits per heavy atom. The zero-order valence-corrected chi connectivity index (χ0v) is 10.2. The lowest BCUT2D eigenvalue weighted by molar-refractivity contribution is -0.127. The fourth-order valence-corrected chi connectivity index (χ4v) is 1.88. The molecule has 0 aliphatic heterocycles. The van der Waals surface area contributed by atoms with Crippen molar-refractivity contribution in [1.82, 2.24) is 5.32 Å². The number of rotatable bonds is 3. The van der Waals surface area contributed by atoms with E-state index in [1.807, 2.05) is 5.32 Å². The smallest absolute Gasteiger partial charge is 0.349 e. The minimum atomic E-state index is -1.07. The van der Waals surface area contributed by atoms with E-state index in [2.05, 4.69) is 0 Å². The molecule has 1 rings (SSSR count). The maximum atomic E-state index is 11.6. The molecule has 0 aromatic carbocycles. The van der Waals surface area contributed by atoms with Crippen molar-refractivity contribution in [3.63, 3.8) is 0 Å². The number of imide groups is 1. The molecular weight excluding hydrogens is 244 g/mol. The molecule has 1 heterocycles. The number of amides is 3. The van der Waals surface area contributed by atoms with Gasteiger partial charge in [0.05, 0.1) is 0 Å². The van der Waals surface area contributed by atoms with Crippen LogP contribution < -0.4 is 11.1 Å². The third-order valence-corrected chi connectivity index (χ3v) is 2.94. The Morgan fingerprint density at radius 1 is 1.47 bits per heavy atom. The Hall–Kier alpha value is -1.89. The number of thiophene rings is 1. The van der Waals surface area contributed by atoms with Gasteiger partial charge in [0.2, 0.25) is 0 Å². The van der Waals surface area contributed by atoms with E-state index >= 15 is 0 Å². The average Bonchev–Trinajstić information content (AvgIpc) is 2.63. The number of carbonyl (C=O) groups excluding carboxylic acids is 3. The van der Waals surface area contributed by atoms with Crippen molar-refractivity contribution in [2.75, 3.05) is 0 Å². The van der Waals surface area contributed by atoms with Gasteiger partial charge in [-0.25, -0.2) is 9.59 Å². The molecule has 17 heavy (non-hydrogen) atoms. The summed E-state index contributed by atoms with van der Waals surface area (Å²) in [7, 11) is 0. The molecule has 0 fully saturated rings. The number of carbonyl (C=O) groups is 3. The third-order valence-electron chi connectivity index (χ3n) is 1.95. The van der Waals surface area contributed by atoms with Crippen LogP contribution in [-0.2, 0) is 9.53 Å². The largest absolute Gasteiger partial charge is 0.448 e. The van der Waals surface area contributed by atoms with Crippen molar-refractivity contribution in [3.8, 4) is 0 Å². The van der Waals surface area contributed by atoms with Crippen molar-refractivity contribution in [3.05, 3.63) is 21.9 Å². The van der Waals surface area contributed by atoms with Crippen molar-refractivity contribution in [1.29, 1.82) is 0 Å². The maximum absolute atomic E-state index is 11.6. The van der Waals surface area contributed by atoms with Crippen LogP contribution in [0.2, 0.25) is 0 Å². The summed E-state index contributed by atoms with van der Waals surface area (Å²) < 4.78 is 4.89. The van der Waals surface area contributed by atoms with E-state index < -0.39 is 24.0 Å². The van der Waals surface area contributed by atoms with Crippen LogP contribution in [0.3, 0.4) is 0 Å². The van der Waals surface area contributed by atoms with E-state index in [1.54, 1.807) is 18.4 Å². The summed E-state index contributed by atoms with van der Waals surface area (Å²) in [6.07, 6.45) is -1.07. The second kappa shape index (κ2) is 5.44. The monoisotopic (exact) mass is 256 g/mol. The summed E-state index contributed by atoms with van der Waals surface area (Å²) >= 11 is 1.23. The lowest BCUT2D eigenvalue weighted by Gasteiger charge is -2.11. The van der Waals surface area contributed by atoms with Crippen molar-refractivity contribution < 1.29 is 19.1 Å². The van der Waals surface area contributed by atoms with E-state index in [1.165, 1.54) is 18.3 Å².